The number of hydrogen-bond donors (Lipinski definition) is 0. The molecule has 0 radical (unpaired) electrons. The third kappa shape index (κ3) is 5.21. The number of carbonyl (C=O) groups is 2. The maximum absolute atomic E-state index is 12.7. The van der Waals surface area contributed by atoms with Gasteiger partial charge in [0, 0.05) is 29.1 Å². The second-order valence-corrected chi connectivity index (χ2v) is 9.57. The number of esters is 1. The summed E-state index contributed by atoms with van der Waals surface area (Å²) in [6, 6.07) is 19.7. The van der Waals surface area contributed by atoms with Gasteiger partial charge in [-0.3, -0.25) is 4.79 Å². The maximum Gasteiger partial charge on any atom is 0.338 e. The molecule has 2 atom stereocenters. The summed E-state index contributed by atoms with van der Waals surface area (Å²) in [5.74, 6) is -0.0594. The van der Waals surface area contributed by atoms with Crippen molar-refractivity contribution >= 4 is 33.6 Å². The van der Waals surface area contributed by atoms with Crippen LogP contribution in [0.15, 0.2) is 75.9 Å². The van der Waals surface area contributed by atoms with Gasteiger partial charge in [0.1, 0.15) is 17.9 Å². The van der Waals surface area contributed by atoms with Crippen LogP contribution in [0.4, 0.5) is 0 Å². The lowest BCUT2D eigenvalue weighted by Gasteiger charge is -2.38. The lowest BCUT2D eigenvalue weighted by atomic mass is 9.97. The van der Waals surface area contributed by atoms with Crippen LogP contribution >= 0.6 is 0 Å². The predicted molar refractivity (Wildman–Crippen MR) is 141 cm³/mol. The van der Waals surface area contributed by atoms with Crippen molar-refractivity contribution in [3.8, 4) is 5.75 Å². The van der Waals surface area contributed by atoms with Crippen LogP contribution in [0.3, 0.4) is 0 Å². The minimum absolute atomic E-state index is 0.0322. The summed E-state index contributed by atoms with van der Waals surface area (Å²) in [6.45, 7) is 4.02. The molecule has 0 N–H and O–H groups in total. The molecular weight excluding hydrogens is 470 g/mol. The second-order valence-electron chi connectivity index (χ2n) is 9.57. The summed E-state index contributed by atoms with van der Waals surface area (Å²) in [6.07, 6.45) is 3.15. The summed E-state index contributed by atoms with van der Waals surface area (Å²) in [5, 5.41) is 2.66. The third-order valence-corrected chi connectivity index (χ3v) is 7.01. The molecule has 0 bridgehead atoms. The number of piperidine rings is 1. The fourth-order valence-corrected chi connectivity index (χ4v) is 5.18. The highest BCUT2D eigenvalue weighted by atomic mass is 16.5. The number of benzene rings is 3. The van der Waals surface area contributed by atoms with Gasteiger partial charge >= 0.3 is 11.6 Å². The molecule has 1 aliphatic heterocycles. The van der Waals surface area contributed by atoms with Gasteiger partial charge in [-0.15, -0.1) is 0 Å². The molecule has 1 amide bonds. The fourth-order valence-electron chi connectivity index (χ4n) is 5.18. The zero-order valence-corrected chi connectivity index (χ0v) is 20.9. The molecule has 1 saturated heterocycles. The van der Waals surface area contributed by atoms with Gasteiger partial charge in [-0.25, -0.2) is 9.59 Å². The second kappa shape index (κ2) is 10.5. The quantitative estimate of drug-likeness (QED) is 0.199. The summed E-state index contributed by atoms with van der Waals surface area (Å²) >= 11 is 0. The molecule has 190 valence electrons. The molecule has 0 aliphatic carbocycles. The van der Waals surface area contributed by atoms with E-state index in [1.807, 2.05) is 35.2 Å². The molecule has 0 spiro atoms. The van der Waals surface area contributed by atoms with Crippen LogP contribution in [0.25, 0.3) is 21.7 Å². The lowest BCUT2D eigenvalue weighted by Crippen LogP contribution is -2.49. The Balaban J connectivity index is 1.25. The van der Waals surface area contributed by atoms with Crippen molar-refractivity contribution in [1.29, 1.82) is 0 Å². The van der Waals surface area contributed by atoms with Crippen molar-refractivity contribution in [2.75, 3.05) is 6.61 Å². The molecule has 3 aromatic carbocycles. The molecule has 0 unspecified atom stereocenters. The van der Waals surface area contributed by atoms with Crippen LogP contribution < -0.4 is 10.4 Å². The number of likely N-dealkylation sites (tertiary alicyclic amines) is 1. The van der Waals surface area contributed by atoms with Gasteiger partial charge in [0.2, 0.25) is 0 Å². The standard InChI is InChI=1S/C30H29NO6/c1-19-6-5-7-20(2)31(19)27(32)18-35-24-13-10-22(11-14-24)30(34)36-17-23-16-28(33)37-26-15-12-21-8-3-4-9-25(21)29(23)26/h3-4,8-16,19-20H,5-7,17-18H2,1-2H3/t19-,20-/m1/s1. The summed E-state index contributed by atoms with van der Waals surface area (Å²) < 4.78 is 16.6. The van der Waals surface area contributed by atoms with Gasteiger partial charge in [-0.1, -0.05) is 30.3 Å². The first kappa shape index (κ1) is 24.6. The van der Waals surface area contributed by atoms with Crippen molar-refractivity contribution in [2.45, 2.75) is 51.8 Å². The van der Waals surface area contributed by atoms with Crippen molar-refractivity contribution in [2.24, 2.45) is 0 Å². The summed E-state index contributed by atoms with van der Waals surface area (Å²) in [7, 11) is 0. The highest BCUT2D eigenvalue weighted by Gasteiger charge is 2.29. The number of carbonyl (C=O) groups excluding carboxylic acids is 2. The van der Waals surface area contributed by atoms with Crippen molar-refractivity contribution in [1.82, 2.24) is 4.90 Å². The highest BCUT2D eigenvalue weighted by molar-refractivity contribution is 6.07. The first-order chi connectivity index (χ1) is 17.9. The molecule has 5 rings (SSSR count). The number of rotatable bonds is 6. The zero-order valence-electron chi connectivity index (χ0n) is 20.9. The Morgan fingerprint density at radius 1 is 0.973 bits per heavy atom. The molecule has 1 fully saturated rings. The predicted octanol–water partition coefficient (Wildman–Crippen LogP) is 5.47. The van der Waals surface area contributed by atoms with Gasteiger partial charge in [0.25, 0.3) is 5.91 Å². The molecule has 7 nitrogen and oxygen atoms in total. The number of nitrogens with zero attached hydrogens (tertiary/aromatic N) is 1. The normalized spacial score (nSPS) is 17.6. The van der Waals surface area contributed by atoms with E-state index in [2.05, 4.69) is 13.8 Å². The van der Waals surface area contributed by atoms with Gasteiger partial charge in [0.15, 0.2) is 6.61 Å². The van der Waals surface area contributed by atoms with Gasteiger partial charge in [0.05, 0.1) is 5.56 Å². The number of ether oxygens (including phenoxy) is 2. The number of hydrogen-bond acceptors (Lipinski definition) is 6. The Morgan fingerprint density at radius 2 is 1.70 bits per heavy atom. The van der Waals surface area contributed by atoms with Crippen LogP contribution in [0.1, 0.15) is 49.0 Å². The molecule has 7 heteroatoms. The van der Waals surface area contributed by atoms with E-state index in [0.717, 1.165) is 35.4 Å². The molecule has 1 aromatic heterocycles. The molecular formula is C30H29NO6. The van der Waals surface area contributed by atoms with Crippen LogP contribution in [-0.4, -0.2) is 35.5 Å². The topological polar surface area (TPSA) is 86.0 Å². The van der Waals surface area contributed by atoms with Crippen molar-refractivity contribution in [3.63, 3.8) is 0 Å². The van der Waals surface area contributed by atoms with Crippen molar-refractivity contribution in [3.05, 3.63) is 88.3 Å². The van der Waals surface area contributed by atoms with E-state index >= 15 is 0 Å². The molecule has 1 aliphatic rings. The minimum atomic E-state index is -0.528. The Hall–Kier alpha value is -4.13. The van der Waals surface area contributed by atoms with E-state index in [4.69, 9.17) is 13.9 Å². The number of fused-ring (bicyclic) bond motifs is 3. The monoisotopic (exact) mass is 499 g/mol. The lowest BCUT2D eigenvalue weighted by molar-refractivity contribution is -0.139. The SMILES string of the molecule is C[C@@H]1CCC[C@@H](C)N1C(=O)COc1ccc(C(=O)OCc2cc(=O)oc3ccc4ccccc4c23)cc1. The largest absolute Gasteiger partial charge is 0.484 e. The van der Waals surface area contributed by atoms with Crippen LogP contribution in [0, 0.1) is 0 Å². The Morgan fingerprint density at radius 3 is 2.46 bits per heavy atom. The van der Waals surface area contributed by atoms with E-state index in [0.29, 0.717) is 22.5 Å². The van der Waals surface area contributed by atoms with Crippen molar-refractivity contribution < 1.29 is 23.5 Å². The summed E-state index contributed by atoms with van der Waals surface area (Å²) in [4.78, 5) is 39.4. The Labute approximate surface area is 214 Å². The first-order valence-electron chi connectivity index (χ1n) is 12.6. The molecule has 2 heterocycles. The Kier molecular flexibility index (Phi) is 6.95. The highest BCUT2D eigenvalue weighted by Crippen LogP contribution is 2.28. The van der Waals surface area contributed by atoms with Crippen LogP contribution in [0.5, 0.6) is 5.75 Å². The average molecular weight is 500 g/mol. The van der Waals surface area contributed by atoms with E-state index in [1.54, 1.807) is 30.3 Å². The molecule has 0 saturated carbocycles. The molecule has 4 aromatic rings. The third-order valence-electron chi connectivity index (χ3n) is 7.01. The average Bonchev–Trinajstić information content (AvgIpc) is 2.90. The van der Waals surface area contributed by atoms with Crippen LogP contribution in [-0.2, 0) is 16.1 Å². The van der Waals surface area contributed by atoms with E-state index in [-0.39, 0.29) is 31.2 Å². The minimum Gasteiger partial charge on any atom is -0.484 e. The van der Waals surface area contributed by atoms with E-state index in [1.165, 1.54) is 6.07 Å². The first-order valence-corrected chi connectivity index (χ1v) is 12.6. The smallest absolute Gasteiger partial charge is 0.338 e. The van der Waals surface area contributed by atoms with E-state index < -0.39 is 11.6 Å². The van der Waals surface area contributed by atoms with Gasteiger partial charge in [-0.2, -0.15) is 0 Å². The zero-order chi connectivity index (χ0) is 25.9. The fraction of sp³-hybridized carbons (Fsp3) is 0.300. The summed E-state index contributed by atoms with van der Waals surface area (Å²) in [5.41, 5.74) is 0.866. The van der Waals surface area contributed by atoms with Gasteiger partial charge in [-0.05, 0) is 74.2 Å². The van der Waals surface area contributed by atoms with E-state index in [9.17, 15) is 14.4 Å². The van der Waals surface area contributed by atoms with Crippen LogP contribution in [0.2, 0.25) is 0 Å². The maximum atomic E-state index is 12.7. The Bertz CT molecular complexity index is 1500. The molecule has 37 heavy (non-hydrogen) atoms. The van der Waals surface area contributed by atoms with Gasteiger partial charge < -0.3 is 18.8 Å². The number of amides is 1.